The Balaban J connectivity index is 3.10. The zero-order chi connectivity index (χ0) is 15.7. The minimum atomic E-state index is -4.71. The van der Waals surface area contributed by atoms with Gasteiger partial charge in [0.25, 0.3) is 5.91 Å². The molecule has 0 bridgehead atoms. The quantitative estimate of drug-likeness (QED) is 0.464. The lowest BCUT2D eigenvalue weighted by molar-refractivity contribution is -0.136. The average Bonchev–Trinajstić information content (AvgIpc) is 2.26. The summed E-state index contributed by atoms with van der Waals surface area (Å²) < 4.78 is 59.2. The van der Waals surface area contributed by atoms with Crippen molar-refractivity contribution in [2.24, 2.45) is 0 Å². The van der Waals surface area contributed by atoms with E-state index in [1.54, 1.807) is 10.3 Å². The fourth-order valence-electron chi connectivity index (χ4n) is 1.28. The number of nitrogen functional groups attached to an aromatic ring is 2. The lowest BCUT2D eigenvalue weighted by atomic mass is 10.1. The van der Waals surface area contributed by atoms with Gasteiger partial charge in [-0.15, -0.1) is 4.83 Å². The lowest BCUT2D eigenvalue weighted by Gasteiger charge is -2.14. The third-order valence-electron chi connectivity index (χ3n) is 2.12. The Hall–Kier alpha value is -2.01. The van der Waals surface area contributed by atoms with E-state index in [9.17, 15) is 26.4 Å². The van der Waals surface area contributed by atoms with Crippen molar-refractivity contribution in [3.8, 4) is 0 Å². The molecule has 20 heavy (non-hydrogen) atoms. The molecule has 0 radical (unpaired) electrons. The van der Waals surface area contributed by atoms with Gasteiger partial charge in [-0.3, -0.25) is 10.2 Å². The van der Waals surface area contributed by atoms with Crippen molar-refractivity contribution < 1.29 is 26.4 Å². The van der Waals surface area contributed by atoms with Crippen molar-refractivity contribution in [1.82, 2.24) is 10.3 Å². The molecular formula is C9H11F3N4O3S. The molecule has 0 fully saturated rings. The maximum atomic E-state index is 12.5. The Morgan fingerprint density at radius 1 is 1.20 bits per heavy atom. The van der Waals surface area contributed by atoms with Crippen LogP contribution in [0, 0.1) is 0 Å². The standard InChI is InChI=1S/C9H11F3N4O3S/c1-20(18,19)16-15-8(17)4-2-7(14)5(3-6(4)13)9(10,11)12/h2-3,16H,13-14H2,1H3,(H,15,17). The monoisotopic (exact) mass is 312 g/mol. The van der Waals surface area contributed by atoms with Gasteiger partial charge in [-0.1, -0.05) is 0 Å². The molecule has 0 heterocycles. The summed E-state index contributed by atoms with van der Waals surface area (Å²) >= 11 is 0. The Morgan fingerprint density at radius 3 is 2.20 bits per heavy atom. The van der Waals surface area contributed by atoms with E-state index in [0.29, 0.717) is 6.07 Å². The van der Waals surface area contributed by atoms with Crippen LogP contribution in [0.2, 0.25) is 0 Å². The smallest absolute Gasteiger partial charge is 0.398 e. The molecule has 0 saturated heterocycles. The summed E-state index contributed by atoms with van der Waals surface area (Å²) in [7, 11) is -3.72. The second kappa shape index (κ2) is 5.17. The first kappa shape index (κ1) is 16.0. The lowest BCUT2D eigenvalue weighted by Crippen LogP contribution is -2.41. The highest BCUT2D eigenvalue weighted by Gasteiger charge is 2.34. The van der Waals surface area contributed by atoms with Crippen LogP contribution in [0.25, 0.3) is 0 Å². The third kappa shape index (κ3) is 3.99. The van der Waals surface area contributed by atoms with Crippen LogP contribution in [-0.2, 0) is 16.2 Å². The van der Waals surface area contributed by atoms with Gasteiger partial charge in [0, 0.05) is 11.4 Å². The normalized spacial score (nSPS) is 12.2. The SMILES string of the molecule is CS(=O)(=O)NNC(=O)c1cc(N)c(C(F)(F)F)cc1N. The van der Waals surface area contributed by atoms with Gasteiger partial charge in [0.15, 0.2) is 0 Å². The van der Waals surface area contributed by atoms with E-state index in [2.05, 4.69) is 0 Å². The number of anilines is 2. The molecule has 1 rings (SSSR count). The molecule has 1 aromatic carbocycles. The number of carbonyl (C=O) groups excluding carboxylic acids is 1. The second-order valence-electron chi connectivity index (χ2n) is 3.85. The first-order chi connectivity index (χ1) is 8.92. The van der Waals surface area contributed by atoms with Gasteiger partial charge in [-0.25, -0.2) is 8.42 Å². The van der Waals surface area contributed by atoms with Crippen molar-refractivity contribution in [2.45, 2.75) is 6.18 Å². The number of sulfonamides is 1. The summed E-state index contributed by atoms with van der Waals surface area (Å²) in [6.07, 6.45) is -3.93. The zero-order valence-electron chi connectivity index (χ0n) is 10.1. The molecule has 6 N–H and O–H groups in total. The fourth-order valence-corrected chi connectivity index (χ4v) is 1.56. The summed E-state index contributed by atoms with van der Waals surface area (Å²) in [5.41, 5.74) is 9.56. The van der Waals surface area contributed by atoms with Gasteiger partial charge in [-0.05, 0) is 12.1 Å². The highest BCUT2D eigenvalue weighted by atomic mass is 32.2. The average molecular weight is 312 g/mol. The molecule has 0 saturated carbocycles. The Bertz CT molecular complexity index is 643. The molecule has 0 aliphatic heterocycles. The molecule has 7 nitrogen and oxygen atoms in total. The predicted octanol–water partition coefficient (Wildman–Crippen LogP) is 0.0638. The van der Waals surface area contributed by atoms with Gasteiger partial charge in [-0.2, -0.15) is 13.2 Å². The van der Waals surface area contributed by atoms with Gasteiger partial charge in [0.05, 0.1) is 17.4 Å². The van der Waals surface area contributed by atoms with E-state index in [0.717, 1.165) is 12.3 Å². The van der Waals surface area contributed by atoms with Crippen LogP contribution in [0.5, 0.6) is 0 Å². The number of alkyl halides is 3. The fraction of sp³-hybridized carbons (Fsp3) is 0.222. The molecule has 0 spiro atoms. The number of nitrogens with two attached hydrogens (primary N) is 2. The summed E-state index contributed by atoms with van der Waals surface area (Å²) in [4.78, 5) is 13.2. The van der Waals surface area contributed by atoms with Crippen LogP contribution in [0.3, 0.4) is 0 Å². The van der Waals surface area contributed by atoms with Crippen LogP contribution < -0.4 is 21.7 Å². The highest BCUT2D eigenvalue weighted by molar-refractivity contribution is 7.88. The zero-order valence-corrected chi connectivity index (χ0v) is 10.9. The van der Waals surface area contributed by atoms with E-state index < -0.39 is 39.0 Å². The van der Waals surface area contributed by atoms with Gasteiger partial charge < -0.3 is 11.5 Å². The van der Waals surface area contributed by atoms with Crippen LogP contribution in [0.1, 0.15) is 15.9 Å². The molecule has 112 valence electrons. The first-order valence-corrected chi connectivity index (χ1v) is 6.84. The molecular weight excluding hydrogens is 301 g/mol. The van der Waals surface area contributed by atoms with Crippen molar-refractivity contribution in [3.63, 3.8) is 0 Å². The van der Waals surface area contributed by atoms with Crippen molar-refractivity contribution in [2.75, 3.05) is 17.7 Å². The van der Waals surface area contributed by atoms with Crippen LogP contribution in [-0.4, -0.2) is 20.6 Å². The molecule has 0 aliphatic carbocycles. The van der Waals surface area contributed by atoms with Crippen molar-refractivity contribution >= 4 is 27.3 Å². The van der Waals surface area contributed by atoms with Crippen molar-refractivity contribution in [1.29, 1.82) is 0 Å². The number of rotatable bonds is 3. The number of benzene rings is 1. The van der Waals surface area contributed by atoms with Crippen molar-refractivity contribution in [3.05, 3.63) is 23.3 Å². The van der Waals surface area contributed by atoms with Gasteiger partial charge in [0.1, 0.15) is 0 Å². The first-order valence-electron chi connectivity index (χ1n) is 4.95. The topological polar surface area (TPSA) is 127 Å². The number of hydrogen-bond acceptors (Lipinski definition) is 5. The van der Waals surface area contributed by atoms with Gasteiger partial charge in [0.2, 0.25) is 10.0 Å². The number of nitrogens with one attached hydrogen (secondary N) is 2. The number of amides is 1. The van der Waals surface area contributed by atoms with E-state index in [4.69, 9.17) is 11.5 Å². The maximum absolute atomic E-state index is 12.5. The van der Waals surface area contributed by atoms with E-state index in [1.165, 1.54) is 0 Å². The third-order valence-corrected chi connectivity index (χ3v) is 2.59. The summed E-state index contributed by atoms with van der Waals surface area (Å²) in [6.45, 7) is 0. The summed E-state index contributed by atoms with van der Waals surface area (Å²) in [5, 5.41) is 0. The Morgan fingerprint density at radius 2 is 1.75 bits per heavy atom. The number of carbonyl (C=O) groups is 1. The minimum absolute atomic E-state index is 0.383. The predicted molar refractivity (Wildman–Crippen MR) is 65.7 cm³/mol. The van der Waals surface area contributed by atoms with E-state index in [1.807, 2.05) is 0 Å². The van der Waals surface area contributed by atoms with Gasteiger partial charge >= 0.3 is 6.18 Å². The van der Waals surface area contributed by atoms with Crippen LogP contribution >= 0.6 is 0 Å². The Kier molecular flexibility index (Phi) is 4.15. The van der Waals surface area contributed by atoms with E-state index in [-0.39, 0.29) is 5.56 Å². The summed E-state index contributed by atoms with van der Waals surface area (Å²) in [5.74, 6) is -1.03. The molecule has 0 aromatic heterocycles. The minimum Gasteiger partial charge on any atom is -0.398 e. The van der Waals surface area contributed by atoms with Crippen LogP contribution in [0.4, 0.5) is 24.5 Å². The van der Waals surface area contributed by atoms with Crippen LogP contribution in [0.15, 0.2) is 12.1 Å². The number of hydrazine groups is 1. The number of hydrogen-bond donors (Lipinski definition) is 4. The largest absolute Gasteiger partial charge is 0.418 e. The highest BCUT2D eigenvalue weighted by Crippen LogP contribution is 2.35. The van der Waals surface area contributed by atoms with E-state index >= 15 is 0 Å². The molecule has 0 unspecified atom stereocenters. The molecule has 0 atom stereocenters. The maximum Gasteiger partial charge on any atom is 0.418 e. The summed E-state index contributed by atoms with van der Waals surface area (Å²) in [6, 6.07) is 1.22. The number of halogens is 3. The molecule has 1 amide bonds. The molecule has 1 aromatic rings. The molecule has 11 heteroatoms. The Labute approximate surface area is 112 Å². The molecule has 0 aliphatic rings. The second-order valence-corrected chi connectivity index (χ2v) is 5.60.